The standard InChI is InChI=1S/C20H17NO5/c1-3-24-18-12-14(9-10-17(18)25-13(2)22)11-16-20(23)26-19(21-16)15-7-5-4-6-8-15/h4-12H,3H2,1-2H3/b16-11+. The number of carbonyl (C=O) groups is 2. The van der Waals surface area contributed by atoms with Gasteiger partial charge in [0.15, 0.2) is 17.2 Å². The van der Waals surface area contributed by atoms with E-state index < -0.39 is 11.9 Å². The van der Waals surface area contributed by atoms with Crippen LogP contribution in [0.4, 0.5) is 0 Å². The fourth-order valence-electron chi connectivity index (χ4n) is 2.39. The van der Waals surface area contributed by atoms with Gasteiger partial charge in [-0.3, -0.25) is 4.79 Å². The minimum Gasteiger partial charge on any atom is -0.490 e. The van der Waals surface area contributed by atoms with E-state index in [1.165, 1.54) is 6.92 Å². The van der Waals surface area contributed by atoms with Crippen LogP contribution in [-0.2, 0) is 14.3 Å². The third-order valence-corrected chi connectivity index (χ3v) is 3.47. The predicted molar refractivity (Wildman–Crippen MR) is 96.0 cm³/mol. The number of rotatable bonds is 5. The maximum atomic E-state index is 12.1. The summed E-state index contributed by atoms with van der Waals surface area (Å²) in [5, 5.41) is 0. The van der Waals surface area contributed by atoms with Crippen molar-refractivity contribution < 1.29 is 23.8 Å². The smallest absolute Gasteiger partial charge is 0.363 e. The Morgan fingerprint density at radius 1 is 1.15 bits per heavy atom. The Morgan fingerprint density at radius 2 is 1.92 bits per heavy atom. The third-order valence-electron chi connectivity index (χ3n) is 3.47. The Kier molecular flexibility index (Phi) is 5.12. The van der Waals surface area contributed by atoms with E-state index in [0.29, 0.717) is 23.7 Å². The highest BCUT2D eigenvalue weighted by molar-refractivity contribution is 6.12. The number of benzene rings is 2. The van der Waals surface area contributed by atoms with Gasteiger partial charge >= 0.3 is 11.9 Å². The Bertz CT molecular complexity index is 900. The van der Waals surface area contributed by atoms with Crippen molar-refractivity contribution in [1.29, 1.82) is 0 Å². The van der Waals surface area contributed by atoms with E-state index in [1.807, 2.05) is 37.3 Å². The van der Waals surface area contributed by atoms with Gasteiger partial charge in [-0.25, -0.2) is 9.79 Å². The maximum Gasteiger partial charge on any atom is 0.363 e. The summed E-state index contributed by atoms with van der Waals surface area (Å²) in [5.41, 5.74) is 1.59. The molecule has 1 aliphatic rings. The van der Waals surface area contributed by atoms with Crippen LogP contribution in [0.3, 0.4) is 0 Å². The largest absolute Gasteiger partial charge is 0.490 e. The Hall–Kier alpha value is -3.41. The molecule has 0 aromatic heterocycles. The van der Waals surface area contributed by atoms with Crippen LogP contribution in [0.1, 0.15) is 25.0 Å². The zero-order valence-electron chi connectivity index (χ0n) is 14.4. The molecule has 0 fully saturated rings. The van der Waals surface area contributed by atoms with Crippen molar-refractivity contribution in [2.75, 3.05) is 6.61 Å². The Labute approximate surface area is 150 Å². The summed E-state index contributed by atoms with van der Waals surface area (Å²) in [6.45, 7) is 3.56. The molecule has 3 rings (SSSR count). The van der Waals surface area contributed by atoms with Crippen LogP contribution in [-0.4, -0.2) is 24.4 Å². The lowest BCUT2D eigenvalue weighted by Gasteiger charge is -2.10. The normalized spacial score (nSPS) is 14.8. The topological polar surface area (TPSA) is 74.2 Å². The van der Waals surface area contributed by atoms with E-state index in [-0.39, 0.29) is 11.6 Å². The molecule has 0 bridgehead atoms. The highest BCUT2D eigenvalue weighted by Gasteiger charge is 2.24. The van der Waals surface area contributed by atoms with Gasteiger partial charge in [0, 0.05) is 12.5 Å². The molecule has 0 atom stereocenters. The van der Waals surface area contributed by atoms with E-state index in [0.717, 1.165) is 5.56 Å². The van der Waals surface area contributed by atoms with Crippen LogP contribution in [0.5, 0.6) is 11.5 Å². The van der Waals surface area contributed by atoms with Crippen LogP contribution in [0.2, 0.25) is 0 Å². The van der Waals surface area contributed by atoms with Gasteiger partial charge in [0.25, 0.3) is 0 Å². The Balaban J connectivity index is 1.91. The quantitative estimate of drug-likeness (QED) is 0.469. The zero-order valence-corrected chi connectivity index (χ0v) is 14.4. The Morgan fingerprint density at radius 3 is 2.62 bits per heavy atom. The fraction of sp³-hybridized carbons (Fsp3) is 0.150. The molecule has 0 amide bonds. The number of ether oxygens (including phenoxy) is 3. The van der Waals surface area contributed by atoms with Gasteiger partial charge < -0.3 is 14.2 Å². The van der Waals surface area contributed by atoms with Crippen LogP contribution < -0.4 is 9.47 Å². The van der Waals surface area contributed by atoms with Crippen molar-refractivity contribution in [3.8, 4) is 11.5 Å². The molecule has 2 aromatic carbocycles. The average Bonchev–Trinajstić information content (AvgIpc) is 2.98. The molecule has 26 heavy (non-hydrogen) atoms. The number of carbonyl (C=O) groups excluding carboxylic acids is 2. The minimum absolute atomic E-state index is 0.187. The van der Waals surface area contributed by atoms with Gasteiger partial charge in [0.2, 0.25) is 5.90 Å². The van der Waals surface area contributed by atoms with Gasteiger partial charge in [-0.2, -0.15) is 0 Å². The molecular formula is C20H17NO5. The van der Waals surface area contributed by atoms with E-state index in [9.17, 15) is 9.59 Å². The summed E-state index contributed by atoms with van der Waals surface area (Å²) in [5.74, 6) is 0.0440. The lowest BCUT2D eigenvalue weighted by Crippen LogP contribution is -2.05. The van der Waals surface area contributed by atoms with Gasteiger partial charge in [-0.15, -0.1) is 0 Å². The van der Waals surface area contributed by atoms with Gasteiger partial charge in [0.1, 0.15) is 0 Å². The highest BCUT2D eigenvalue weighted by atomic mass is 16.6. The van der Waals surface area contributed by atoms with Crippen molar-refractivity contribution in [2.45, 2.75) is 13.8 Å². The molecule has 2 aromatic rings. The van der Waals surface area contributed by atoms with E-state index in [1.54, 1.807) is 24.3 Å². The molecule has 0 aliphatic carbocycles. The monoisotopic (exact) mass is 351 g/mol. The highest BCUT2D eigenvalue weighted by Crippen LogP contribution is 2.30. The first-order valence-electron chi connectivity index (χ1n) is 8.10. The molecule has 0 spiro atoms. The van der Waals surface area contributed by atoms with Crippen molar-refractivity contribution in [3.63, 3.8) is 0 Å². The minimum atomic E-state index is -0.522. The van der Waals surface area contributed by atoms with Crippen molar-refractivity contribution in [1.82, 2.24) is 0 Å². The first-order valence-corrected chi connectivity index (χ1v) is 8.10. The summed E-state index contributed by atoms with van der Waals surface area (Å²) >= 11 is 0. The second-order valence-corrected chi connectivity index (χ2v) is 5.43. The number of aliphatic imine (C=N–C) groups is 1. The molecule has 0 unspecified atom stereocenters. The molecule has 0 saturated heterocycles. The van der Waals surface area contributed by atoms with Crippen LogP contribution in [0.15, 0.2) is 59.2 Å². The third kappa shape index (κ3) is 3.97. The number of hydrogen-bond acceptors (Lipinski definition) is 6. The van der Waals surface area contributed by atoms with Crippen LogP contribution in [0, 0.1) is 0 Å². The van der Waals surface area contributed by atoms with Gasteiger partial charge in [-0.1, -0.05) is 24.3 Å². The lowest BCUT2D eigenvalue weighted by atomic mass is 10.1. The molecule has 132 valence electrons. The van der Waals surface area contributed by atoms with Gasteiger partial charge in [-0.05, 0) is 42.8 Å². The van der Waals surface area contributed by atoms with E-state index in [2.05, 4.69) is 4.99 Å². The van der Waals surface area contributed by atoms with Crippen molar-refractivity contribution in [3.05, 3.63) is 65.4 Å². The van der Waals surface area contributed by atoms with Crippen molar-refractivity contribution in [2.24, 2.45) is 4.99 Å². The zero-order chi connectivity index (χ0) is 18.5. The number of nitrogens with zero attached hydrogens (tertiary/aromatic N) is 1. The summed E-state index contributed by atoms with van der Waals surface area (Å²) in [6, 6.07) is 14.2. The summed E-state index contributed by atoms with van der Waals surface area (Å²) in [6.07, 6.45) is 1.60. The summed E-state index contributed by atoms with van der Waals surface area (Å²) in [4.78, 5) is 27.5. The second kappa shape index (κ2) is 7.65. The first kappa shape index (κ1) is 17.4. The summed E-state index contributed by atoms with van der Waals surface area (Å²) in [7, 11) is 0. The fourth-order valence-corrected chi connectivity index (χ4v) is 2.39. The molecule has 6 nitrogen and oxygen atoms in total. The number of hydrogen-bond donors (Lipinski definition) is 0. The van der Waals surface area contributed by atoms with Gasteiger partial charge in [0.05, 0.1) is 6.61 Å². The first-order chi connectivity index (χ1) is 12.6. The van der Waals surface area contributed by atoms with Crippen LogP contribution in [0.25, 0.3) is 6.08 Å². The molecule has 6 heteroatoms. The number of esters is 2. The molecule has 0 N–H and O–H groups in total. The average molecular weight is 351 g/mol. The SMILES string of the molecule is CCOc1cc(/C=C2/N=C(c3ccccc3)OC2=O)ccc1OC(C)=O. The summed E-state index contributed by atoms with van der Waals surface area (Å²) < 4.78 is 15.8. The molecule has 0 radical (unpaired) electrons. The molecular weight excluding hydrogens is 334 g/mol. The predicted octanol–water partition coefficient (Wildman–Crippen LogP) is 3.36. The van der Waals surface area contributed by atoms with E-state index in [4.69, 9.17) is 14.2 Å². The van der Waals surface area contributed by atoms with Crippen LogP contribution >= 0.6 is 0 Å². The maximum absolute atomic E-state index is 12.1. The molecule has 1 heterocycles. The molecule has 0 saturated carbocycles. The number of cyclic esters (lactones) is 1. The van der Waals surface area contributed by atoms with E-state index >= 15 is 0 Å². The van der Waals surface area contributed by atoms with Crippen molar-refractivity contribution >= 4 is 23.9 Å². The molecule has 1 aliphatic heterocycles. The second-order valence-electron chi connectivity index (χ2n) is 5.43. The lowest BCUT2D eigenvalue weighted by molar-refractivity contribution is -0.132.